The van der Waals surface area contributed by atoms with E-state index in [0.29, 0.717) is 0 Å². The number of rotatable bonds is 4. The highest BCUT2D eigenvalue weighted by Crippen LogP contribution is 2.63. The highest BCUT2D eigenvalue weighted by Gasteiger charge is 2.50. The van der Waals surface area contributed by atoms with E-state index in [4.69, 9.17) is 0 Å². The van der Waals surface area contributed by atoms with Gasteiger partial charge in [0, 0.05) is 22.4 Å². The van der Waals surface area contributed by atoms with Crippen LogP contribution in [0, 0.1) is 0 Å². The minimum absolute atomic E-state index is 0.136. The van der Waals surface area contributed by atoms with Crippen LogP contribution in [0.2, 0.25) is 0 Å². The van der Waals surface area contributed by atoms with Gasteiger partial charge in [-0.15, -0.1) is 0 Å². The molecule has 1 heteroatoms. The summed E-state index contributed by atoms with van der Waals surface area (Å²) in [4.78, 5) is 2.52. The van der Waals surface area contributed by atoms with Crippen molar-refractivity contribution in [3.8, 4) is 55.6 Å². The Bertz CT molecular complexity index is 3070. The van der Waals surface area contributed by atoms with Gasteiger partial charge >= 0.3 is 0 Å². The lowest BCUT2D eigenvalue weighted by Gasteiger charge is -2.36. The van der Waals surface area contributed by atoms with Crippen molar-refractivity contribution in [1.82, 2.24) is 0 Å². The van der Waals surface area contributed by atoms with E-state index in [1.165, 1.54) is 94.7 Å². The largest absolute Gasteiger partial charge is 0.310 e. The van der Waals surface area contributed by atoms with Gasteiger partial charge in [0.2, 0.25) is 0 Å². The van der Waals surface area contributed by atoms with Crippen LogP contribution in [-0.2, 0) is 10.8 Å². The van der Waals surface area contributed by atoms with Crippen molar-refractivity contribution < 1.29 is 0 Å². The molecular formula is C58H41N. The monoisotopic (exact) mass is 751 g/mol. The van der Waals surface area contributed by atoms with Crippen LogP contribution in [0.15, 0.2) is 212 Å². The predicted molar refractivity (Wildman–Crippen MR) is 246 cm³/mol. The summed E-state index contributed by atoms with van der Waals surface area (Å²) in [5, 5.41) is 0. The van der Waals surface area contributed by atoms with Gasteiger partial charge in [-0.25, -0.2) is 0 Å². The Labute approximate surface area is 346 Å². The first kappa shape index (κ1) is 33.9. The third kappa shape index (κ3) is 4.67. The molecule has 278 valence electrons. The van der Waals surface area contributed by atoms with Crippen LogP contribution in [0.4, 0.5) is 17.1 Å². The molecule has 0 N–H and O–H groups in total. The van der Waals surface area contributed by atoms with Crippen LogP contribution >= 0.6 is 0 Å². The molecule has 0 saturated carbocycles. The number of anilines is 3. The molecule has 0 aromatic heterocycles. The van der Waals surface area contributed by atoms with E-state index in [0.717, 1.165) is 11.4 Å². The van der Waals surface area contributed by atoms with Gasteiger partial charge in [0.15, 0.2) is 0 Å². The Kier molecular flexibility index (Phi) is 7.26. The molecular weight excluding hydrogens is 711 g/mol. The van der Waals surface area contributed by atoms with Crippen LogP contribution in [0.5, 0.6) is 0 Å². The maximum absolute atomic E-state index is 2.52. The third-order valence-corrected chi connectivity index (χ3v) is 13.5. The van der Waals surface area contributed by atoms with E-state index < -0.39 is 5.41 Å². The zero-order chi connectivity index (χ0) is 39.3. The van der Waals surface area contributed by atoms with Crippen LogP contribution < -0.4 is 4.90 Å². The molecule has 0 unspecified atom stereocenters. The van der Waals surface area contributed by atoms with Gasteiger partial charge in [-0.3, -0.25) is 0 Å². The average molecular weight is 752 g/mol. The Morgan fingerprint density at radius 2 is 0.746 bits per heavy atom. The standard InChI is InChI=1S/C58H41N/c1-57(2)49-25-12-8-23-46(49)47-36-35-41(37-54(47)57)59(40-33-31-39(32-34-40)38-17-4-3-5-18-38)55-30-16-29-53-56(55)48-24-11-15-28-52(48)58(53)50-26-13-9-21-44(50)42-19-6-7-20-43(42)45-22-10-14-27-51(45)58/h3-37H,1-2H3. The maximum Gasteiger partial charge on any atom is 0.0726 e. The molecule has 0 fully saturated rings. The first-order valence-corrected chi connectivity index (χ1v) is 20.8. The van der Waals surface area contributed by atoms with E-state index in [1.54, 1.807) is 0 Å². The summed E-state index contributed by atoms with van der Waals surface area (Å²) in [6.45, 7) is 4.75. The molecule has 0 amide bonds. The second-order valence-electron chi connectivity index (χ2n) is 16.8. The molecule has 12 rings (SSSR count). The van der Waals surface area contributed by atoms with E-state index in [2.05, 4.69) is 231 Å². The lowest BCUT2D eigenvalue weighted by molar-refractivity contribution is 0.660. The number of nitrogens with zero attached hydrogens (tertiary/aromatic N) is 1. The van der Waals surface area contributed by atoms with E-state index in [1.807, 2.05) is 0 Å². The molecule has 0 heterocycles. The van der Waals surface area contributed by atoms with Gasteiger partial charge in [0.1, 0.15) is 0 Å². The summed E-state index contributed by atoms with van der Waals surface area (Å²) in [6.07, 6.45) is 0. The molecule has 1 spiro atoms. The average Bonchev–Trinajstić information content (AvgIpc) is 3.68. The summed E-state index contributed by atoms with van der Waals surface area (Å²) in [5.74, 6) is 0. The second-order valence-corrected chi connectivity index (χ2v) is 16.8. The van der Waals surface area contributed by atoms with E-state index in [9.17, 15) is 0 Å². The molecule has 0 aliphatic heterocycles. The Hall–Kier alpha value is -7.22. The lowest BCUT2D eigenvalue weighted by Crippen LogP contribution is -2.29. The van der Waals surface area contributed by atoms with Crippen LogP contribution in [0.25, 0.3) is 55.6 Å². The second kappa shape index (κ2) is 12.6. The minimum atomic E-state index is -0.557. The summed E-state index contributed by atoms with van der Waals surface area (Å²) in [5.41, 5.74) is 23.5. The fourth-order valence-corrected chi connectivity index (χ4v) is 11.0. The molecule has 3 aliphatic carbocycles. The highest BCUT2D eigenvalue weighted by atomic mass is 15.1. The molecule has 1 nitrogen and oxygen atoms in total. The number of hydrogen-bond acceptors (Lipinski definition) is 1. The van der Waals surface area contributed by atoms with Crippen molar-refractivity contribution in [3.05, 3.63) is 246 Å². The molecule has 59 heavy (non-hydrogen) atoms. The topological polar surface area (TPSA) is 3.24 Å². The zero-order valence-electron chi connectivity index (χ0n) is 33.2. The van der Waals surface area contributed by atoms with Crippen molar-refractivity contribution >= 4 is 17.1 Å². The SMILES string of the molecule is CC1(C)c2ccccc2-c2ccc(N(c3ccc(-c4ccccc4)cc3)c3cccc4c3-c3ccccc3C43c4ccccc4-c4ccccc4-c4ccccc43)cc21. The van der Waals surface area contributed by atoms with E-state index >= 15 is 0 Å². The fourth-order valence-electron chi connectivity index (χ4n) is 11.0. The van der Waals surface area contributed by atoms with Gasteiger partial charge in [0.25, 0.3) is 0 Å². The van der Waals surface area contributed by atoms with Crippen molar-refractivity contribution in [2.24, 2.45) is 0 Å². The smallest absolute Gasteiger partial charge is 0.0726 e. The van der Waals surface area contributed by atoms with Crippen molar-refractivity contribution in [2.75, 3.05) is 4.90 Å². The van der Waals surface area contributed by atoms with Crippen LogP contribution in [0.1, 0.15) is 47.2 Å². The summed E-state index contributed by atoms with van der Waals surface area (Å²) >= 11 is 0. The molecule has 0 saturated heterocycles. The molecule has 9 aromatic carbocycles. The van der Waals surface area contributed by atoms with E-state index in [-0.39, 0.29) is 5.41 Å². The van der Waals surface area contributed by atoms with Crippen LogP contribution in [0.3, 0.4) is 0 Å². The van der Waals surface area contributed by atoms with Crippen molar-refractivity contribution in [3.63, 3.8) is 0 Å². The molecule has 0 atom stereocenters. The Morgan fingerprint density at radius 3 is 1.37 bits per heavy atom. The Morgan fingerprint density at radius 1 is 0.305 bits per heavy atom. The van der Waals surface area contributed by atoms with Gasteiger partial charge in [-0.1, -0.05) is 196 Å². The summed E-state index contributed by atoms with van der Waals surface area (Å²) in [7, 11) is 0. The number of benzene rings is 9. The quantitative estimate of drug-likeness (QED) is 0.173. The van der Waals surface area contributed by atoms with Gasteiger partial charge in [-0.2, -0.15) is 0 Å². The minimum Gasteiger partial charge on any atom is -0.310 e. The fraction of sp³-hybridized carbons (Fsp3) is 0.0690. The number of hydrogen-bond donors (Lipinski definition) is 0. The molecule has 0 bridgehead atoms. The third-order valence-electron chi connectivity index (χ3n) is 13.5. The number of fused-ring (bicyclic) bond motifs is 15. The van der Waals surface area contributed by atoms with Gasteiger partial charge < -0.3 is 4.90 Å². The Balaban J connectivity index is 1.15. The summed E-state index contributed by atoms with van der Waals surface area (Å²) in [6, 6.07) is 79.4. The van der Waals surface area contributed by atoms with Gasteiger partial charge in [-0.05, 0) is 114 Å². The summed E-state index contributed by atoms with van der Waals surface area (Å²) < 4.78 is 0. The van der Waals surface area contributed by atoms with Crippen LogP contribution in [-0.4, -0.2) is 0 Å². The predicted octanol–water partition coefficient (Wildman–Crippen LogP) is 15.1. The van der Waals surface area contributed by atoms with Crippen molar-refractivity contribution in [1.29, 1.82) is 0 Å². The zero-order valence-corrected chi connectivity index (χ0v) is 33.2. The maximum atomic E-state index is 2.52. The molecule has 3 aliphatic rings. The molecule has 0 radical (unpaired) electrons. The first-order valence-electron chi connectivity index (χ1n) is 20.8. The lowest BCUT2D eigenvalue weighted by atomic mass is 9.66. The first-order chi connectivity index (χ1) is 29.0. The van der Waals surface area contributed by atoms with Crippen molar-refractivity contribution in [2.45, 2.75) is 24.7 Å². The normalized spacial score (nSPS) is 14.2. The molecule has 9 aromatic rings. The highest BCUT2D eigenvalue weighted by molar-refractivity contribution is 6.02. The van der Waals surface area contributed by atoms with Gasteiger partial charge in [0.05, 0.1) is 11.1 Å².